The molecule has 0 saturated carbocycles. The van der Waals surface area contributed by atoms with Crippen LogP contribution in [-0.4, -0.2) is 4.98 Å². The van der Waals surface area contributed by atoms with Gasteiger partial charge in [-0.15, -0.1) is 17.1 Å². The molecule has 0 fully saturated rings. The van der Waals surface area contributed by atoms with Crippen LogP contribution in [0.1, 0.15) is 5.56 Å². The van der Waals surface area contributed by atoms with Crippen LogP contribution in [0.2, 0.25) is 0 Å². The molecule has 0 radical (unpaired) electrons. The zero-order chi connectivity index (χ0) is 14.9. The average Bonchev–Trinajstić information content (AvgIpc) is 2.98. The fourth-order valence-corrected chi connectivity index (χ4v) is 3.78. The Kier molecular flexibility index (Phi) is 3.12. The predicted octanol–water partition coefficient (Wildman–Crippen LogP) is 5.91. The molecule has 0 N–H and O–H groups in total. The van der Waals surface area contributed by atoms with E-state index >= 15 is 0 Å². The second-order valence-corrected chi connectivity index (χ2v) is 6.12. The summed E-state index contributed by atoms with van der Waals surface area (Å²) in [6.45, 7) is 3.72. The molecule has 0 saturated heterocycles. The molecular formula is C20H13NS. The average molecular weight is 299 g/mol. The van der Waals surface area contributed by atoms with E-state index in [4.69, 9.17) is 4.98 Å². The van der Waals surface area contributed by atoms with Gasteiger partial charge in [-0.3, -0.25) is 0 Å². The van der Waals surface area contributed by atoms with Gasteiger partial charge in [0.05, 0.1) is 10.2 Å². The maximum atomic E-state index is 4.83. The highest BCUT2D eigenvalue weighted by Gasteiger charge is 2.12. The van der Waals surface area contributed by atoms with E-state index < -0.39 is 0 Å². The first-order valence-corrected chi connectivity index (χ1v) is 7.92. The molecule has 22 heavy (non-hydrogen) atoms. The summed E-state index contributed by atoms with van der Waals surface area (Å²) in [5.74, 6) is 0. The Bertz CT molecular complexity index is 1000. The highest BCUT2D eigenvalue weighted by molar-refractivity contribution is 7.21. The fourth-order valence-electron chi connectivity index (χ4n) is 2.74. The van der Waals surface area contributed by atoms with Crippen LogP contribution in [0.5, 0.6) is 0 Å². The standard InChI is InChI=1S/C20H13NS/c1-2-7-15-13-12-14-8-3-4-9-16(14)19(15)20-21-17-10-5-6-11-18(17)22-20/h3-13H,1H2. The molecule has 0 spiro atoms. The molecule has 0 amide bonds. The van der Waals surface area contributed by atoms with Crippen LogP contribution in [0.3, 0.4) is 0 Å². The van der Waals surface area contributed by atoms with Crippen LogP contribution in [0.15, 0.2) is 73.0 Å². The maximum Gasteiger partial charge on any atom is 0.125 e. The topological polar surface area (TPSA) is 12.9 Å². The van der Waals surface area contributed by atoms with Crippen molar-refractivity contribution in [3.05, 3.63) is 78.5 Å². The molecule has 1 nitrogen and oxygen atoms in total. The predicted molar refractivity (Wildman–Crippen MR) is 96.2 cm³/mol. The minimum atomic E-state index is 1.04. The van der Waals surface area contributed by atoms with Gasteiger partial charge in [0.2, 0.25) is 0 Å². The quantitative estimate of drug-likeness (QED) is 0.419. The summed E-state index contributed by atoms with van der Waals surface area (Å²) in [7, 11) is 0. The summed E-state index contributed by atoms with van der Waals surface area (Å²) in [6, 6.07) is 20.9. The zero-order valence-electron chi connectivity index (χ0n) is 11.9. The molecule has 0 unspecified atom stereocenters. The van der Waals surface area contributed by atoms with Gasteiger partial charge in [-0.25, -0.2) is 4.98 Å². The number of rotatable bonds is 2. The normalized spacial score (nSPS) is 10.7. The molecule has 4 aromatic rings. The number of para-hydroxylation sites is 1. The molecular weight excluding hydrogens is 286 g/mol. The van der Waals surface area contributed by atoms with Crippen LogP contribution in [0, 0.1) is 0 Å². The Morgan fingerprint density at radius 1 is 0.955 bits per heavy atom. The van der Waals surface area contributed by atoms with Crippen molar-refractivity contribution < 1.29 is 0 Å². The fraction of sp³-hybridized carbons (Fsp3) is 0. The van der Waals surface area contributed by atoms with Crippen LogP contribution < -0.4 is 0 Å². The lowest BCUT2D eigenvalue weighted by Crippen LogP contribution is -1.85. The van der Waals surface area contributed by atoms with Gasteiger partial charge < -0.3 is 0 Å². The number of aromatic nitrogens is 1. The maximum absolute atomic E-state index is 4.83. The third kappa shape index (κ3) is 2.06. The Morgan fingerprint density at radius 2 is 1.77 bits per heavy atom. The van der Waals surface area contributed by atoms with Crippen molar-refractivity contribution in [1.82, 2.24) is 4.98 Å². The lowest BCUT2D eigenvalue weighted by Gasteiger charge is -2.07. The van der Waals surface area contributed by atoms with Crippen molar-refractivity contribution in [2.45, 2.75) is 0 Å². The molecule has 0 aliphatic carbocycles. The second-order valence-electron chi connectivity index (χ2n) is 5.09. The highest BCUT2D eigenvalue weighted by Crippen LogP contribution is 2.37. The highest BCUT2D eigenvalue weighted by atomic mass is 32.1. The van der Waals surface area contributed by atoms with Crippen molar-refractivity contribution >= 4 is 38.4 Å². The first-order chi connectivity index (χ1) is 10.9. The van der Waals surface area contributed by atoms with E-state index in [1.54, 1.807) is 11.3 Å². The number of hydrogen-bond donors (Lipinski definition) is 0. The summed E-state index contributed by atoms with van der Waals surface area (Å²) >= 11 is 1.73. The molecule has 0 aliphatic heterocycles. The first kappa shape index (κ1) is 13.0. The lowest BCUT2D eigenvalue weighted by atomic mass is 9.99. The van der Waals surface area contributed by atoms with Crippen LogP contribution >= 0.6 is 11.3 Å². The summed E-state index contributed by atoms with van der Waals surface area (Å²) in [5.41, 5.74) is 6.21. The van der Waals surface area contributed by atoms with Gasteiger partial charge in [0.1, 0.15) is 5.01 Å². The summed E-state index contributed by atoms with van der Waals surface area (Å²) in [6.07, 6.45) is 1.92. The third-order valence-electron chi connectivity index (χ3n) is 3.73. The van der Waals surface area contributed by atoms with Gasteiger partial charge in [-0.05, 0) is 34.5 Å². The number of benzene rings is 3. The summed E-state index contributed by atoms with van der Waals surface area (Å²) in [5, 5.41) is 3.48. The SMILES string of the molecule is C=C=Cc1ccc2ccccc2c1-c1nc2ccccc2s1. The minimum Gasteiger partial charge on any atom is -0.236 e. The van der Waals surface area contributed by atoms with Gasteiger partial charge in [-0.1, -0.05) is 55.1 Å². The van der Waals surface area contributed by atoms with Crippen LogP contribution in [-0.2, 0) is 0 Å². The van der Waals surface area contributed by atoms with Gasteiger partial charge >= 0.3 is 0 Å². The summed E-state index contributed by atoms with van der Waals surface area (Å²) in [4.78, 5) is 4.83. The Hall–Kier alpha value is -2.67. The number of thiazole rings is 1. The Balaban J connectivity index is 2.10. The molecule has 2 heteroatoms. The Morgan fingerprint density at radius 3 is 2.64 bits per heavy atom. The number of hydrogen-bond acceptors (Lipinski definition) is 2. The molecule has 104 valence electrons. The molecule has 0 atom stereocenters. The van der Waals surface area contributed by atoms with E-state index in [2.05, 4.69) is 66.9 Å². The largest absolute Gasteiger partial charge is 0.236 e. The van der Waals surface area contributed by atoms with Crippen molar-refractivity contribution in [1.29, 1.82) is 0 Å². The molecule has 1 heterocycles. The van der Waals surface area contributed by atoms with E-state index in [1.807, 2.05) is 12.1 Å². The van der Waals surface area contributed by atoms with Crippen LogP contribution in [0.4, 0.5) is 0 Å². The van der Waals surface area contributed by atoms with E-state index in [1.165, 1.54) is 15.5 Å². The number of nitrogens with zero attached hydrogens (tertiary/aromatic N) is 1. The third-order valence-corrected chi connectivity index (χ3v) is 4.78. The second kappa shape index (κ2) is 5.27. The van der Waals surface area contributed by atoms with Gasteiger partial charge in [0.15, 0.2) is 0 Å². The van der Waals surface area contributed by atoms with Gasteiger partial charge in [0, 0.05) is 5.56 Å². The summed E-state index contributed by atoms with van der Waals surface area (Å²) < 4.78 is 1.21. The minimum absolute atomic E-state index is 1.04. The smallest absolute Gasteiger partial charge is 0.125 e. The van der Waals surface area contributed by atoms with Crippen molar-refractivity contribution in [3.63, 3.8) is 0 Å². The van der Waals surface area contributed by atoms with E-state index in [0.29, 0.717) is 0 Å². The zero-order valence-corrected chi connectivity index (χ0v) is 12.7. The number of fused-ring (bicyclic) bond motifs is 2. The molecule has 4 rings (SSSR count). The van der Waals surface area contributed by atoms with Crippen molar-refractivity contribution in [2.24, 2.45) is 0 Å². The molecule has 0 aliphatic rings. The molecule has 3 aromatic carbocycles. The van der Waals surface area contributed by atoms with E-state index in [9.17, 15) is 0 Å². The van der Waals surface area contributed by atoms with Gasteiger partial charge in [0.25, 0.3) is 0 Å². The molecule has 0 bridgehead atoms. The Labute approximate surface area is 132 Å². The van der Waals surface area contributed by atoms with E-state index in [-0.39, 0.29) is 0 Å². The molecule has 1 aromatic heterocycles. The lowest BCUT2D eigenvalue weighted by molar-refractivity contribution is 1.48. The van der Waals surface area contributed by atoms with Crippen molar-refractivity contribution in [2.75, 3.05) is 0 Å². The first-order valence-electron chi connectivity index (χ1n) is 7.10. The van der Waals surface area contributed by atoms with Crippen LogP contribution in [0.25, 0.3) is 37.6 Å². The van der Waals surface area contributed by atoms with E-state index in [0.717, 1.165) is 21.7 Å². The monoisotopic (exact) mass is 299 g/mol. The van der Waals surface area contributed by atoms with Crippen molar-refractivity contribution in [3.8, 4) is 10.6 Å². The van der Waals surface area contributed by atoms with Gasteiger partial charge in [-0.2, -0.15) is 0 Å².